The fourth-order valence-electron chi connectivity index (χ4n) is 4.00. The van der Waals surface area contributed by atoms with Gasteiger partial charge in [-0.3, -0.25) is 4.90 Å². The average molecular weight is 284 g/mol. The monoisotopic (exact) mass is 284 g/mol. The van der Waals surface area contributed by atoms with Crippen molar-refractivity contribution in [2.75, 3.05) is 26.2 Å². The molecule has 114 valence electrons. The number of nitrogens with zero attached hydrogens (tertiary/aromatic N) is 1. The first kappa shape index (κ1) is 14.8. The van der Waals surface area contributed by atoms with Crippen LogP contribution < -0.4 is 5.32 Å². The highest BCUT2D eigenvalue weighted by Crippen LogP contribution is 2.39. The predicted molar refractivity (Wildman–Crippen MR) is 90.2 cm³/mol. The van der Waals surface area contributed by atoms with Gasteiger partial charge in [-0.1, -0.05) is 36.9 Å². The summed E-state index contributed by atoms with van der Waals surface area (Å²) in [7, 11) is 0. The molecule has 2 nitrogen and oxygen atoms in total. The van der Waals surface area contributed by atoms with Crippen molar-refractivity contribution in [2.24, 2.45) is 5.41 Å². The second kappa shape index (κ2) is 6.76. The molecule has 2 heterocycles. The molecule has 2 heteroatoms. The third kappa shape index (κ3) is 3.75. The van der Waals surface area contributed by atoms with Crippen molar-refractivity contribution in [3.05, 3.63) is 42.0 Å². The lowest BCUT2D eigenvalue weighted by Gasteiger charge is -2.37. The van der Waals surface area contributed by atoms with Crippen LogP contribution in [0.15, 0.2) is 30.8 Å². The Morgan fingerprint density at radius 1 is 1.14 bits per heavy atom. The quantitative estimate of drug-likeness (QED) is 0.911. The highest BCUT2D eigenvalue weighted by atomic mass is 15.1. The van der Waals surface area contributed by atoms with Gasteiger partial charge in [0.1, 0.15) is 0 Å². The van der Waals surface area contributed by atoms with Gasteiger partial charge in [0, 0.05) is 6.54 Å². The molecular formula is C19H28N2. The Hall–Kier alpha value is -1.12. The van der Waals surface area contributed by atoms with E-state index in [1.165, 1.54) is 69.4 Å². The molecule has 0 radical (unpaired) electrons. The van der Waals surface area contributed by atoms with Gasteiger partial charge in [-0.05, 0) is 74.8 Å². The standard InChI is InChI=1S/C19H28N2/c1-2-17-5-3-6-18(15-17)16-21-13-4-7-19(10-14-21)8-11-20-12-9-19/h2-3,5-6,15,20H,1,4,7-14,16H2. The van der Waals surface area contributed by atoms with Crippen molar-refractivity contribution in [3.63, 3.8) is 0 Å². The first-order valence-corrected chi connectivity index (χ1v) is 8.44. The Morgan fingerprint density at radius 2 is 2.00 bits per heavy atom. The first-order chi connectivity index (χ1) is 10.3. The molecule has 21 heavy (non-hydrogen) atoms. The molecule has 1 spiro atoms. The number of nitrogens with one attached hydrogen (secondary N) is 1. The third-order valence-corrected chi connectivity index (χ3v) is 5.40. The van der Waals surface area contributed by atoms with Gasteiger partial charge in [0.15, 0.2) is 0 Å². The largest absolute Gasteiger partial charge is 0.317 e. The van der Waals surface area contributed by atoms with Crippen LogP contribution in [0.5, 0.6) is 0 Å². The lowest BCUT2D eigenvalue weighted by Crippen LogP contribution is -2.37. The molecule has 0 aromatic heterocycles. The lowest BCUT2D eigenvalue weighted by molar-refractivity contribution is 0.167. The minimum Gasteiger partial charge on any atom is -0.317 e. The van der Waals surface area contributed by atoms with E-state index in [1.54, 1.807) is 0 Å². The minimum atomic E-state index is 0.642. The van der Waals surface area contributed by atoms with E-state index >= 15 is 0 Å². The Morgan fingerprint density at radius 3 is 2.81 bits per heavy atom. The van der Waals surface area contributed by atoms with E-state index in [9.17, 15) is 0 Å². The maximum absolute atomic E-state index is 3.87. The van der Waals surface area contributed by atoms with E-state index in [4.69, 9.17) is 0 Å². The van der Waals surface area contributed by atoms with E-state index in [1.807, 2.05) is 6.08 Å². The first-order valence-electron chi connectivity index (χ1n) is 8.44. The maximum atomic E-state index is 3.87. The SMILES string of the molecule is C=Cc1cccc(CN2CCCC3(CCNCC3)CC2)c1. The normalized spacial score (nSPS) is 22.9. The van der Waals surface area contributed by atoms with E-state index in [-0.39, 0.29) is 0 Å². The number of likely N-dealkylation sites (tertiary alicyclic amines) is 1. The van der Waals surface area contributed by atoms with Gasteiger partial charge in [-0.15, -0.1) is 0 Å². The molecule has 0 atom stereocenters. The fraction of sp³-hybridized carbons (Fsp3) is 0.579. The zero-order valence-corrected chi connectivity index (χ0v) is 13.1. The van der Waals surface area contributed by atoms with E-state index < -0.39 is 0 Å². The van der Waals surface area contributed by atoms with E-state index in [0.717, 1.165) is 6.54 Å². The van der Waals surface area contributed by atoms with E-state index in [0.29, 0.717) is 5.41 Å². The van der Waals surface area contributed by atoms with Crippen LogP contribution in [-0.2, 0) is 6.54 Å². The molecule has 0 bridgehead atoms. The van der Waals surface area contributed by atoms with Crippen LogP contribution in [0.25, 0.3) is 6.08 Å². The highest BCUT2D eigenvalue weighted by molar-refractivity contribution is 5.47. The smallest absolute Gasteiger partial charge is 0.0233 e. The summed E-state index contributed by atoms with van der Waals surface area (Å²) in [5.41, 5.74) is 3.30. The average Bonchev–Trinajstić information content (AvgIpc) is 2.71. The second-order valence-electron chi connectivity index (χ2n) is 6.83. The summed E-state index contributed by atoms with van der Waals surface area (Å²) in [4.78, 5) is 2.65. The van der Waals surface area contributed by atoms with Crippen LogP contribution in [0.1, 0.15) is 43.2 Å². The second-order valence-corrected chi connectivity index (χ2v) is 6.83. The number of piperidine rings is 1. The Bertz CT molecular complexity index is 474. The molecule has 0 amide bonds. The number of hydrogen-bond donors (Lipinski definition) is 1. The van der Waals surface area contributed by atoms with Gasteiger partial charge in [0.2, 0.25) is 0 Å². The van der Waals surface area contributed by atoms with Crippen LogP contribution >= 0.6 is 0 Å². The summed E-state index contributed by atoms with van der Waals surface area (Å²) in [5.74, 6) is 0. The van der Waals surface area contributed by atoms with Crippen LogP contribution in [0.4, 0.5) is 0 Å². The lowest BCUT2D eigenvalue weighted by atomic mass is 9.73. The summed E-state index contributed by atoms with van der Waals surface area (Å²) < 4.78 is 0. The topological polar surface area (TPSA) is 15.3 Å². The summed E-state index contributed by atoms with van der Waals surface area (Å²) in [6.45, 7) is 9.93. The van der Waals surface area contributed by atoms with Crippen molar-refractivity contribution in [1.82, 2.24) is 10.2 Å². The number of rotatable bonds is 3. The molecule has 0 unspecified atom stereocenters. The van der Waals surface area contributed by atoms with E-state index in [2.05, 4.69) is 41.1 Å². The Kier molecular flexibility index (Phi) is 4.77. The van der Waals surface area contributed by atoms with Gasteiger partial charge in [0.05, 0.1) is 0 Å². The number of hydrogen-bond acceptors (Lipinski definition) is 2. The molecule has 1 N–H and O–H groups in total. The van der Waals surface area contributed by atoms with Crippen molar-refractivity contribution in [1.29, 1.82) is 0 Å². The minimum absolute atomic E-state index is 0.642. The molecular weight excluding hydrogens is 256 g/mol. The van der Waals surface area contributed by atoms with Crippen LogP contribution in [-0.4, -0.2) is 31.1 Å². The van der Waals surface area contributed by atoms with Gasteiger partial charge < -0.3 is 5.32 Å². The zero-order valence-electron chi connectivity index (χ0n) is 13.1. The summed E-state index contributed by atoms with van der Waals surface area (Å²) in [5, 5.41) is 3.52. The van der Waals surface area contributed by atoms with Crippen molar-refractivity contribution >= 4 is 6.08 Å². The molecule has 2 aliphatic rings. The molecule has 0 aliphatic carbocycles. The van der Waals surface area contributed by atoms with Gasteiger partial charge in [-0.25, -0.2) is 0 Å². The van der Waals surface area contributed by atoms with Crippen LogP contribution in [0, 0.1) is 5.41 Å². The van der Waals surface area contributed by atoms with Gasteiger partial charge >= 0.3 is 0 Å². The molecule has 0 saturated carbocycles. The third-order valence-electron chi connectivity index (χ3n) is 5.40. The number of benzene rings is 1. The molecule has 2 saturated heterocycles. The highest BCUT2D eigenvalue weighted by Gasteiger charge is 2.33. The molecule has 1 aromatic rings. The Labute approximate surface area is 129 Å². The zero-order chi connectivity index (χ0) is 14.5. The van der Waals surface area contributed by atoms with Crippen molar-refractivity contribution in [2.45, 2.75) is 38.6 Å². The molecule has 3 rings (SSSR count). The molecule has 1 aromatic carbocycles. The van der Waals surface area contributed by atoms with Gasteiger partial charge in [-0.2, -0.15) is 0 Å². The van der Waals surface area contributed by atoms with Crippen molar-refractivity contribution < 1.29 is 0 Å². The van der Waals surface area contributed by atoms with Crippen molar-refractivity contribution in [3.8, 4) is 0 Å². The fourth-order valence-corrected chi connectivity index (χ4v) is 4.00. The van der Waals surface area contributed by atoms with Crippen LogP contribution in [0.2, 0.25) is 0 Å². The molecule has 2 fully saturated rings. The summed E-state index contributed by atoms with van der Waals surface area (Å²) >= 11 is 0. The summed E-state index contributed by atoms with van der Waals surface area (Å²) in [6, 6.07) is 8.80. The maximum Gasteiger partial charge on any atom is 0.0233 e. The predicted octanol–water partition coefficient (Wildman–Crippen LogP) is 3.69. The van der Waals surface area contributed by atoms with Gasteiger partial charge in [0.25, 0.3) is 0 Å². The van der Waals surface area contributed by atoms with Crippen LogP contribution in [0.3, 0.4) is 0 Å². The summed E-state index contributed by atoms with van der Waals surface area (Å²) in [6.07, 6.45) is 8.88. The Balaban J connectivity index is 1.60. The molecule has 2 aliphatic heterocycles.